The first-order valence-electron chi connectivity index (χ1n) is 15.2. The van der Waals surface area contributed by atoms with Gasteiger partial charge in [-0.15, -0.1) is 0 Å². The van der Waals surface area contributed by atoms with Crippen molar-refractivity contribution in [2.75, 3.05) is 73.9 Å². The van der Waals surface area contributed by atoms with E-state index < -0.39 is 0 Å². The van der Waals surface area contributed by atoms with E-state index in [9.17, 15) is 0 Å². The first-order chi connectivity index (χ1) is 17.5. The summed E-state index contributed by atoms with van der Waals surface area (Å²) in [4.78, 5) is 8.68. The van der Waals surface area contributed by atoms with Crippen molar-refractivity contribution in [2.24, 2.45) is 17.8 Å². The molecular weight excluding hydrogens is 450 g/mol. The number of likely N-dealkylation sites (tertiary alicyclic amines) is 3. The largest absolute Gasteiger partial charge is 0.385 e. The first-order valence-corrected chi connectivity index (χ1v) is 15.2. The van der Waals surface area contributed by atoms with E-state index in [1.54, 1.807) is 0 Å². The van der Waals surface area contributed by atoms with E-state index in [0.717, 1.165) is 50.5 Å². The van der Waals surface area contributed by atoms with Crippen LogP contribution in [-0.4, -0.2) is 113 Å². The first kappa shape index (κ1) is 30.3. The fraction of sp³-hybridized carbons (Fsp3) is 1.00. The van der Waals surface area contributed by atoms with E-state index >= 15 is 0 Å². The van der Waals surface area contributed by atoms with Crippen molar-refractivity contribution < 1.29 is 14.2 Å². The minimum Gasteiger partial charge on any atom is -0.385 e. The Kier molecular flexibility index (Phi) is 13.5. The number of hydrogen-bond acceptors (Lipinski definition) is 6. The van der Waals surface area contributed by atoms with Crippen LogP contribution in [0.3, 0.4) is 0 Å². The van der Waals surface area contributed by atoms with E-state index in [1.807, 2.05) is 21.3 Å². The monoisotopic (exact) mass is 509 g/mol. The zero-order valence-corrected chi connectivity index (χ0v) is 24.6. The molecule has 4 unspecified atom stereocenters. The number of hydrogen-bond donors (Lipinski definition) is 0. The van der Waals surface area contributed by atoms with Crippen LogP contribution < -0.4 is 0 Å². The Balaban J connectivity index is 1.84. The fourth-order valence-electron chi connectivity index (χ4n) is 7.51. The highest BCUT2D eigenvalue weighted by Crippen LogP contribution is 2.40. The van der Waals surface area contributed by atoms with E-state index in [4.69, 9.17) is 14.2 Å². The van der Waals surface area contributed by atoms with Gasteiger partial charge in [-0.25, -0.2) is 0 Å². The highest BCUT2D eigenvalue weighted by molar-refractivity contribution is 5.02. The number of ether oxygens (including phenoxy) is 3. The van der Waals surface area contributed by atoms with Gasteiger partial charge in [-0.3, -0.25) is 14.7 Å². The lowest BCUT2D eigenvalue weighted by atomic mass is 9.75. The van der Waals surface area contributed by atoms with Crippen molar-refractivity contribution in [3.63, 3.8) is 0 Å². The minimum absolute atomic E-state index is 0.641. The van der Waals surface area contributed by atoms with Gasteiger partial charge < -0.3 is 14.2 Å². The molecule has 0 spiro atoms. The molecule has 6 heteroatoms. The van der Waals surface area contributed by atoms with Gasteiger partial charge in [-0.1, -0.05) is 20.8 Å². The number of rotatable bonds is 14. The van der Waals surface area contributed by atoms with Gasteiger partial charge in [0.25, 0.3) is 0 Å². The van der Waals surface area contributed by atoms with Crippen LogP contribution in [0.5, 0.6) is 0 Å². The lowest BCUT2D eigenvalue weighted by molar-refractivity contribution is -0.0647. The average molecular weight is 510 g/mol. The summed E-state index contributed by atoms with van der Waals surface area (Å²) < 4.78 is 16.4. The number of unbranched alkanes of at least 4 members (excludes halogenated alkanes) is 1. The molecule has 0 aromatic carbocycles. The summed E-state index contributed by atoms with van der Waals surface area (Å²) in [5, 5.41) is 0. The smallest absolute Gasteiger partial charge is 0.0589 e. The number of methoxy groups -OCH3 is 3. The second-order valence-corrected chi connectivity index (χ2v) is 12.5. The van der Waals surface area contributed by atoms with Gasteiger partial charge in [-0.2, -0.15) is 0 Å². The summed E-state index contributed by atoms with van der Waals surface area (Å²) in [6, 6.07) is 2.62. The molecular formula is C30H59N3O3. The van der Waals surface area contributed by atoms with Gasteiger partial charge >= 0.3 is 0 Å². The van der Waals surface area contributed by atoms with Gasteiger partial charge in [0.1, 0.15) is 0 Å². The highest BCUT2D eigenvalue weighted by atomic mass is 16.5. The van der Waals surface area contributed by atoms with Crippen LogP contribution in [0.1, 0.15) is 78.6 Å². The summed E-state index contributed by atoms with van der Waals surface area (Å²) in [5.74, 6) is 2.43. The standard InChI is InChI=1S/C30H59N3O3/c1-24-10-14-31(12-7-8-17-34-4)27(20-24)29-22-26(3)23-30(33(29)13-9-18-35-5)28-21-25(2)11-15-32(28)16-19-36-6/h24-30H,7-23H2,1-6H3/t24-,25+,26-,27?,28?,29?,30?/m0/s1. The second kappa shape index (κ2) is 16.0. The van der Waals surface area contributed by atoms with E-state index in [1.165, 1.54) is 77.5 Å². The van der Waals surface area contributed by atoms with Crippen molar-refractivity contribution in [1.82, 2.24) is 14.7 Å². The van der Waals surface area contributed by atoms with Crippen molar-refractivity contribution in [3.05, 3.63) is 0 Å². The fourth-order valence-corrected chi connectivity index (χ4v) is 7.51. The third kappa shape index (κ3) is 8.64. The summed E-state index contributed by atoms with van der Waals surface area (Å²) in [6.07, 6.45) is 11.6. The van der Waals surface area contributed by atoms with Crippen molar-refractivity contribution in [3.8, 4) is 0 Å². The molecule has 3 aliphatic rings. The Morgan fingerprint density at radius 1 is 0.528 bits per heavy atom. The topological polar surface area (TPSA) is 37.4 Å². The van der Waals surface area contributed by atoms with Gasteiger partial charge in [-0.05, 0) is 95.2 Å². The lowest BCUT2D eigenvalue weighted by Crippen LogP contribution is -2.65. The van der Waals surface area contributed by atoms with Crippen molar-refractivity contribution >= 4 is 0 Å². The Morgan fingerprint density at radius 2 is 1.03 bits per heavy atom. The van der Waals surface area contributed by atoms with Crippen LogP contribution in [0.25, 0.3) is 0 Å². The molecule has 0 radical (unpaired) electrons. The van der Waals surface area contributed by atoms with E-state index in [0.29, 0.717) is 24.2 Å². The zero-order chi connectivity index (χ0) is 25.9. The Bertz CT molecular complexity index is 592. The molecule has 3 saturated heterocycles. The number of piperidine rings is 3. The van der Waals surface area contributed by atoms with Gasteiger partial charge in [0, 0.05) is 71.8 Å². The van der Waals surface area contributed by atoms with Gasteiger partial charge in [0.15, 0.2) is 0 Å². The molecule has 0 bridgehead atoms. The molecule has 3 rings (SSSR count). The van der Waals surface area contributed by atoms with Crippen molar-refractivity contribution in [1.29, 1.82) is 0 Å². The predicted molar refractivity (Wildman–Crippen MR) is 150 cm³/mol. The zero-order valence-electron chi connectivity index (χ0n) is 24.6. The average Bonchev–Trinajstić information content (AvgIpc) is 2.87. The molecule has 6 nitrogen and oxygen atoms in total. The lowest BCUT2D eigenvalue weighted by Gasteiger charge is -2.56. The maximum Gasteiger partial charge on any atom is 0.0589 e. The molecule has 0 amide bonds. The highest BCUT2D eigenvalue weighted by Gasteiger charge is 2.45. The molecule has 0 aromatic rings. The van der Waals surface area contributed by atoms with Crippen LogP contribution in [-0.2, 0) is 14.2 Å². The quantitative estimate of drug-likeness (QED) is 0.314. The Hall–Kier alpha value is -0.240. The molecule has 212 valence electrons. The SMILES string of the molecule is COCCCCN1CC[C@H](C)CC1C1C[C@H](C)CC(C2C[C@H](C)CCN2CCOC)N1CCCOC. The van der Waals surface area contributed by atoms with Crippen LogP contribution in [0.4, 0.5) is 0 Å². The molecule has 3 heterocycles. The van der Waals surface area contributed by atoms with Crippen LogP contribution in [0.15, 0.2) is 0 Å². The minimum atomic E-state index is 0.641. The number of nitrogens with zero attached hydrogens (tertiary/aromatic N) is 3. The normalized spacial score (nSPS) is 35.3. The summed E-state index contributed by atoms with van der Waals surface area (Å²) in [7, 11) is 5.53. The molecule has 0 aliphatic carbocycles. The maximum absolute atomic E-state index is 5.55. The summed E-state index contributed by atoms with van der Waals surface area (Å²) >= 11 is 0. The molecule has 7 atom stereocenters. The Labute approximate surface area is 223 Å². The summed E-state index contributed by atoms with van der Waals surface area (Å²) in [6.45, 7) is 16.0. The summed E-state index contributed by atoms with van der Waals surface area (Å²) in [5.41, 5.74) is 0. The third-order valence-corrected chi connectivity index (χ3v) is 9.46. The third-order valence-electron chi connectivity index (χ3n) is 9.46. The molecule has 3 fully saturated rings. The maximum atomic E-state index is 5.55. The van der Waals surface area contributed by atoms with E-state index in [2.05, 4.69) is 35.5 Å². The molecule has 3 aliphatic heterocycles. The van der Waals surface area contributed by atoms with E-state index in [-0.39, 0.29) is 0 Å². The van der Waals surface area contributed by atoms with Gasteiger partial charge in [0.2, 0.25) is 0 Å². The van der Waals surface area contributed by atoms with Crippen LogP contribution in [0.2, 0.25) is 0 Å². The van der Waals surface area contributed by atoms with Crippen molar-refractivity contribution in [2.45, 2.75) is 103 Å². The molecule has 0 saturated carbocycles. The molecule has 0 N–H and O–H groups in total. The van der Waals surface area contributed by atoms with Crippen LogP contribution >= 0.6 is 0 Å². The van der Waals surface area contributed by atoms with Crippen LogP contribution in [0, 0.1) is 17.8 Å². The van der Waals surface area contributed by atoms with Gasteiger partial charge in [0.05, 0.1) is 6.61 Å². The predicted octanol–water partition coefficient (Wildman–Crippen LogP) is 4.77. The second-order valence-electron chi connectivity index (χ2n) is 12.5. The molecule has 0 aromatic heterocycles. The Morgan fingerprint density at radius 3 is 1.58 bits per heavy atom. The molecule has 36 heavy (non-hydrogen) atoms.